The van der Waals surface area contributed by atoms with Crippen LogP contribution in [0.3, 0.4) is 0 Å². The lowest BCUT2D eigenvalue weighted by Crippen LogP contribution is -2.30. The van der Waals surface area contributed by atoms with E-state index in [1.54, 1.807) is 19.1 Å². The lowest BCUT2D eigenvalue weighted by molar-refractivity contribution is -0.384. The van der Waals surface area contributed by atoms with Crippen molar-refractivity contribution < 1.29 is 14.5 Å². The molecule has 0 fully saturated rings. The number of rotatable bonds is 9. The Morgan fingerprint density at radius 1 is 1.30 bits per heavy atom. The molecule has 0 unspecified atom stereocenters. The summed E-state index contributed by atoms with van der Waals surface area (Å²) in [5.41, 5.74) is 2.21. The summed E-state index contributed by atoms with van der Waals surface area (Å²) in [4.78, 5) is 24.5. The van der Waals surface area contributed by atoms with Crippen molar-refractivity contribution in [2.75, 3.05) is 25.5 Å². The molecule has 0 spiro atoms. The number of nitro benzene ring substituents is 1. The number of aryl methyl sites for hydroxylation is 1. The van der Waals surface area contributed by atoms with E-state index in [0.717, 1.165) is 16.9 Å². The molecule has 142 valence electrons. The first-order chi connectivity index (χ1) is 12.9. The van der Waals surface area contributed by atoms with Crippen LogP contribution in [-0.2, 0) is 11.3 Å². The Balaban J connectivity index is 1.91. The second kappa shape index (κ2) is 9.49. The Hall–Kier alpha value is -3.19. The fourth-order valence-corrected chi connectivity index (χ4v) is 2.51. The van der Waals surface area contributed by atoms with Crippen LogP contribution in [0.4, 0.5) is 11.4 Å². The summed E-state index contributed by atoms with van der Waals surface area (Å²) in [5.74, 6) is 0.534. The first kappa shape index (κ1) is 20.1. The largest absolute Gasteiger partial charge is 0.490 e. The van der Waals surface area contributed by atoms with E-state index in [0.29, 0.717) is 18.8 Å². The minimum Gasteiger partial charge on any atom is -0.490 e. The summed E-state index contributed by atoms with van der Waals surface area (Å²) in [7, 11) is 1.84. The fraction of sp³-hybridized carbons (Fsp3) is 0.250. The van der Waals surface area contributed by atoms with Gasteiger partial charge < -0.3 is 10.1 Å². The zero-order valence-electron chi connectivity index (χ0n) is 15.5. The highest BCUT2D eigenvalue weighted by Crippen LogP contribution is 2.21. The van der Waals surface area contributed by atoms with E-state index in [2.05, 4.69) is 11.9 Å². The molecule has 0 radical (unpaired) electrons. The van der Waals surface area contributed by atoms with Gasteiger partial charge in [-0.1, -0.05) is 30.9 Å². The minimum atomic E-state index is -0.482. The zero-order chi connectivity index (χ0) is 19.8. The van der Waals surface area contributed by atoms with E-state index in [9.17, 15) is 14.9 Å². The van der Waals surface area contributed by atoms with E-state index in [1.807, 2.05) is 36.2 Å². The van der Waals surface area contributed by atoms with Crippen LogP contribution >= 0.6 is 0 Å². The number of amides is 1. The van der Waals surface area contributed by atoms with Crippen LogP contribution in [-0.4, -0.2) is 35.9 Å². The lowest BCUT2D eigenvalue weighted by Gasteiger charge is -2.17. The first-order valence-electron chi connectivity index (χ1n) is 8.45. The van der Waals surface area contributed by atoms with Gasteiger partial charge in [0, 0.05) is 18.7 Å². The van der Waals surface area contributed by atoms with Crippen molar-refractivity contribution in [3.63, 3.8) is 0 Å². The standard InChI is InChI=1S/C20H23N3O4/c1-4-11-27-18-9-6-16(7-10-18)13-22(3)14-20(24)21-19-12-17(23(25)26)8-5-15(19)2/h4-10,12H,1,11,13-14H2,2-3H3,(H,21,24). The molecule has 0 saturated heterocycles. The molecular formula is C20H23N3O4. The van der Waals surface area contributed by atoms with Crippen molar-refractivity contribution in [1.82, 2.24) is 4.90 Å². The maximum absolute atomic E-state index is 12.3. The number of benzene rings is 2. The molecule has 0 heterocycles. The number of anilines is 1. The third-order valence-electron chi connectivity index (χ3n) is 3.86. The van der Waals surface area contributed by atoms with Crippen LogP contribution < -0.4 is 10.1 Å². The predicted octanol–water partition coefficient (Wildman–Crippen LogP) is 3.54. The molecule has 2 aromatic rings. The summed E-state index contributed by atoms with van der Waals surface area (Å²) in [6.07, 6.45) is 1.68. The second-order valence-corrected chi connectivity index (χ2v) is 6.22. The van der Waals surface area contributed by atoms with Gasteiger partial charge in [-0.3, -0.25) is 19.8 Å². The smallest absolute Gasteiger partial charge is 0.271 e. The molecule has 27 heavy (non-hydrogen) atoms. The van der Waals surface area contributed by atoms with Crippen LogP contribution in [0.5, 0.6) is 5.75 Å². The predicted molar refractivity (Wildman–Crippen MR) is 105 cm³/mol. The third-order valence-corrected chi connectivity index (χ3v) is 3.86. The number of likely N-dealkylation sites (N-methyl/N-ethyl adjacent to an activating group) is 1. The monoisotopic (exact) mass is 369 g/mol. The second-order valence-electron chi connectivity index (χ2n) is 6.22. The van der Waals surface area contributed by atoms with Gasteiger partial charge in [0.25, 0.3) is 5.69 Å². The van der Waals surface area contributed by atoms with Gasteiger partial charge in [0.1, 0.15) is 12.4 Å². The Morgan fingerprint density at radius 3 is 2.63 bits per heavy atom. The van der Waals surface area contributed by atoms with E-state index >= 15 is 0 Å². The van der Waals surface area contributed by atoms with Gasteiger partial charge in [-0.25, -0.2) is 0 Å². The molecule has 2 aromatic carbocycles. The molecule has 0 aliphatic heterocycles. The van der Waals surface area contributed by atoms with E-state index in [-0.39, 0.29) is 18.1 Å². The van der Waals surface area contributed by atoms with Gasteiger partial charge >= 0.3 is 0 Å². The highest BCUT2D eigenvalue weighted by Gasteiger charge is 2.12. The Kier molecular flexibility index (Phi) is 7.08. The Labute approximate surface area is 158 Å². The molecule has 0 aliphatic carbocycles. The van der Waals surface area contributed by atoms with Crippen molar-refractivity contribution in [3.05, 3.63) is 76.4 Å². The normalized spacial score (nSPS) is 10.5. The van der Waals surface area contributed by atoms with Crippen LogP contribution in [0.15, 0.2) is 55.1 Å². The molecule has 1 N–H and O–H groups in total. The summed E-state index contributed by atoms with van der Waals surface area (Å²) in [6.45, 7) is 6.60. The third kappa shape index (κ3) is 6.23. The van der Waals surface area contributed by atoms with Crippen LogP contribution in [0.2, 0.25) is 0 Å². The first-order valence-corrected chi connectivity index (χ1v) is 8.45. The van der Waals surface area contributed by atoms with Crippen molar-refractivity contribution in [2.24, 2.45) is 0 Å². The number of nitrogens with zero attached hydrogens (tertiary/aromatic N) is 2. The fourth-order valence-electron chi connectivity index (χ4n) is 2.51. The van der Waals surface area contributed by atoms with Gasteiger partial charge in [0.15, 0.2) is 0 Å². The van der Waals surface area contributed by atoms with Crippen molar-refractivity contribution in [1.29, 1.82) is 0 Å². The number of hydrogen-bond acceptors (Lipinski definition) is 5. The molecule has 2 rings (SSSR count). The number of nitrogens with one attached hydrogen (secondary N) is 1. The summed E-state index contributed by atoms with van der Waals surface area (Å²) in [5, 5.41) is 13.6. The molecule has 0 bridgehead atoms. The van der Waals surface area contributed by atoms with Gasteiger partial charge in [0.2, 0.25) is 5.91 Å². The number of nitro groups is 1. The quantitative estimate of drug-likeness (QED) is 0.415. The molecule has 7 heteroatoms. The number of carbonyl (C=O) groups excluding carboxylic acids is 1. The SMILES string of the molecule is C=CCOc1ccc(CN(C)CC(=O)Nc2cc([N+](=O)[O-])ccc2C)cc1. The molecule has 0 saturated carbocycles. The molecule has 0 aromatic heterocycles. The van der Waals surface area contributed by atoms with Gasteiger partial charge in [-0.05, 0) is 37.2 Å². The number of hydrogen-bond donors (Lipinski definition) is 1. The average Bonchev–Trinajstić information content (AvgIpc) is 2.62. The van der Waals surface area contributed by atoms with Crippen molar-refractivity contribution in [3.8, 4) is 5.75 Å². The highest BCUT2D eigenvalue weighted by molar-refractivity contribution is 5.93. The highest BCUT2D eigenvalue weighted by atomic mass is 16.6. The zero-order valence-corrected chi connectivity index (χ0v) is 15.5. The topological polar surface area (TPSA) is 84.7 Å². The van der Waals surface area contributed by atoms with E-state index < -0.39 is 4.92 Å². The lowest BCUT2D eigenvalue weighted by atomic mass is 10.2. The molecule has 0 atom stereocenters. The summed E-state index contributed by atoms with van der Waals surface area (Å²) < 4.78 is 5.44. The molecule has 1 amide bonds. The van der Waals surface area contributed by atoms with Gasteiger partial charge in [-0.2, -0.15) is 0 Å². The van der Waals surface area contributed by atoms with E-state index in [1.165, 1.54) is 12.1 Å². The van der Waals surface area contributed by atoms with Crippen molar-refractivity contribution >= 4 is 17.3 Å². The number of non-ortho nitro benzene ring substituents is 1. The summed E-state index contributed by atoms with van der Waals surface area (Å²) >= 11 is 0. The average molecular weight is 369 g/mol. The van der Waals surface area contributed by atoms with Gasteiger partial charge in [-0.15, -0.1) is 0 Å². The molecule has 0 aliphatic rings. The van der Waals surface area contributed by atoms with Crippen molar-refractivity contribution in [2.45, 2.75) is 13.5 Å². The Morgan fingerprint density at radius 2 is 2.00 bits per heavy atom. The number of carbonyl (C=O) groups is 1. The van der Waals surface area contributed by atoms with Crippen LogP contribution in [0.1, 0.15) is 11.1 Å². The van der Waals surface area contributed by atoms with Crippen LogP contribution in [0.25, 0.3) is 0 Å². The van der Waals surface area contributed by atoms with E-state index in [4.69, 9.17) is 4.74 Å². The van der Waals surface area contributed by atoms with Gasteiger partial charge in [0.05, 0.1) is 17.2 Å². The minimum absolute atomic E-state index is 0.0528. The molecular weight excluding hydrogens is 346 g/mol. The molecule has 7 nitrogen and oxygen atoms in total. The number of ether oxygens (including phenoxy) is 1. The maximum Gasteiger partial charge on any atom is 0.271 e. The maximum atomic E-state index is 12.3. The van der Waals surface area contributed by atoms with Crippen LogP contribution in [0, 0.1) is 17.0 Å². The summed E-state index contributed by atoms with van der Waals surface area (Å²) in [6, 6.07) is 12.0. The Bertz CT molecular complexity index is 818.